The molecule has 0 aliphatic carbocycles. The van der Waals surface area contributed by atoms with Crippen molar-refractivity contribution in [1.82, 2.24) is 5.32 Å². The quantitative estimate of drug-likeness (QED) is 0.824. The van der Waals surface area contributed by atoms with Crippen molar-refractivity contribution in [2.24, 2.45) is 0 Å². The SMILES string of the molecule is COc1ccccc1CC(C)NCC(O)c1ccccc1C. The molecule has 2 N–H and O–H groups in total. The predicted octanol–water partition coefficient (Wildman–Crippen LogP) is 3.26. The number of aryl methyl sites for hydroxylation is 1. The molecule has 0 fully saturated rings. The fourth-order valence-corrected chi connectivity index (χ4v) is 2.66. The average molecular weight is 299 g/mol. The van der Waals surface area contributed by atoms with Crippen molar-refractivity contribution in [2.75, 3.05) is 13.7 Å². The van der Waals surface area contributed by atoms with Crippen LogP contribution in [0.3, 0.4) is 0 Å². The minimum atomic E-state index is -0.485. The Balaban J connectivity index is 1.90. The second-order valence-corrected chi connectivity index (χ2v) is 5.70. The summed E-state index contributed by atoms with van der Waals surface area (Å²) in [4.78, 5) is 0. The lowest BCUT2D eigenvalue weighted by Crippen LogP contribution is -2.32. The summed E-state index contributed by atoms with van der Waals surface area (Å²) in [6, 6.07) is 16.3. The molecule has 0 saturated heterocycles. The molecule has 118 valence electrons. The maximum atomic E-state index is 10.3. The van der Waals surface area contributed by atoms with Crippen LogP contribution in [-0.4, -0.2) is 24.8 Å². The Labute approximate surface area is 133 Å². The molecule has 2 rings (SSSR count). The number of rotatable bonds is 7. The number of aliphatic hydroxyl groups excluding tert-OH is 1. The molecule has 0 spiro atoms. The van der Waals surface area contributed by atoms with Crippen molar-refractivity contribution in [3.63, 3.8) is 0 Å². The molecule has 2 unspecified atom stereocenters. The topological polar surface area (TPSA) is 41.5 Å². The molecule has 2 atom stereocenters. The summed E-state index contributed by atoms with van der Waals surface area (Å²) in [6.45, 7) is 4.69. The Kier molecular flexibility index (Phi) is 5.99. The van der Waals surface area contributed by atoms with Crippen LogP contribution in [-0.2, 0) is 6.42 Å². The molecule has 0 saturated carbocycles. The van der Waals surface area contributed by atoms with Gasteiger partial charge in [0.15, 0.2) is 0 Å². The first-order valence-electron chi connectivity index (χ1n) is 7.70. The van der Waals surface area contributed by atoms with E-state index >= 15 is 0 Å². The Morgan fingerprint density at radius 3 is 2.50 bits per heavy atom. The molecule has 0 radical (unpaired) electrons. The van der Waals surface area contributed by atoms with Gasteiger partial charge in [0, 0.05) is 12.6 Å². The minimum Gasteiger partial charge on any atom is -0.496 e. The number of hydrogen-bond acceptors (Lipinski definition) is 3. The van der Waals surface area contributed by atoms with Crippen molar-refractivity contribution in [1.29, 1.82) is 0 Å². The van der Waals surface area contributed by atoms with Gasteiger partial charge in [-0.25, -0.2) is 0 Å². The molecule has 2 aromatic rings. The van der Waals surface area contributed by atoms with E-state index in [1.165, 1.54) is 5.56 Å². The van der Waals surface area contributed by atoms with Crippen LogP contribution < -0.4 is 10.1 Å². The lowest BCUT2D eigenvalue weighted by Gasteiger charge is -2.19. The molecule has 3 heteroatoms. The van der Waals surface area contributed by atoms with E-state index < -0.39 is 6.10 Å². The zero-order valence-corrected chi connectivity index (χ0v) is 13.5. The highest BCUT2D eigenvalue weighted by Crippen LogP contribution is 2.20. The second-order valence-electron chi connectivity index (χ2n) is 5.70. The lowest BCUT2D eigenvalue weighted by atomic mass is 10.0. The summed E-state index contributed by atoms with van der Waals surface area (Å²) in [7, 11) is 1.69. The molecule has 0 bridgehead atoms. The van der Waals surface area contributed by atoms with Crippen LogP contribution in [0.5, 0.6) is 5.75 Å². The van der Waals surface area contributed by atoms with Gasteiger partial charge in [0.1, 0.15) is 5.75 Å². The molecular formula is C19H25NO2. The molecule has 0 amide bonds. The Morgan fingerprint density at radius 1 is 1.09 bits per heavy atom. The van der Waals surface area contributed by atoms with E-state index in [1.54, 1.807) is 7.11 Å². The van der Waals surface area contributed by atoms with Gasteiger partial charge < -0.3 is 15.2 Å². The highest BCUT2D eigenvalue weighted by Gasteiger charge is 2.12. The summed E-state index contributed by atoms with van der Waals surface area (Å²) in [5.74, 6) is 0.913. The van der Waals surface area contributed by atoms with Crippen LogP contribution in [0.15, 0.2) is 48.5 Å². The lowest BCUT2D eigenvalue weighted by molar-refractivity contribution is 0.170. The molecule has 3 nitrogen and oxygen atoms in total. The van der Waals surface area contributed by atoms with Gasteiger partial charge in [-0.05, 0) is 43.0 Å². The number of hydrogen-bond donors (Lipinski definition) is 2. The molecule has 0 aromatic heterocycles. The third-order valence-corrected chi connectivity index (χ3v) is 3.93. The molecule has 0 aliphatic rings. The van der Waals surface area contributed by atoms with Gasteiger partial charge in [-0.1, -0.05) is 42.5 Å². The number of ether oxygens (including phenoxy) is 1. The van der Waals surface area contributed by atoms with E-state index in [0.29, 0.717) is 6.54 Å². The number of aliphatic hydroxyl groups is 1. The van der Waals surface area contributed by atoms with Crippen LogP contribution in [0.4, 0.5) is 0 Å². The van der Waals surface area contributed by atoms with Crippen molar-refractivity contribution in [3.8, 4) is 5.75 Å². The fourth-order valence-electron chi connectivity index (χ4n) is 2.66. The molecular weight excluding hydrogens is 274 g/mol. The first-order chi connectivity index (χ1) is 10.6. The Morgan fingerprint density at radius 2 is 1.77 bits per heavy atom. The van der Waals surface area contributed by atoms with Crippen LogP contribution in [0, 0.1) is 6.92 Å². The van der Waals surface area contributed by atoms with E-state index in [0.717, 1.165) is 23.3 Å². The van der Waals surface area contributed by atoms with Crippen molar-refractivity contribution in [3.05, 3.63) is 65.2 Å². The largest absolute Gasteiger partial charge is 0.496 e. The van der Waals surface area contributed by atoms with E-state index in [4.69, 9.17) is 4.74 Å². The zero-order chi connectivity index (χ0) is 15.9. The first-order valence-corrected chi connectivity index (χ1v) is 7.70. The summed E-state index contributed by atoms with van der Waals surface area (Å²) < 4.78 is 5.38. The minimum absolute atomic E-state index is 0.259. The average Bonchev–Trinajstić information content (AvgIpc) is 2.53. The molecule has 22 heavy (non-hydrogen) atoms. The van der Waals surface area contributed by atoms with Crippen LogP contribution >= 0.6 is 0 Å². The van der Waals surface area contributed by atoms with Gasteiger partial charge in [-0.3, -0.25) is 0 Å². The van der Waals surface area contributed by atoms with Gasteiger partial charge in [-0.15, -0.1) is 0 Å². The summed E-state index contributed by atoms with van der Waals surface area (Å²) in [5, 5.41) is 13.7. The first kappa shape index (κ1) is 16.5. The molecule has 0 heterocycles. The highest BCUT2D eigenvalue weighted by molar-refractivity contribution is 5.33. The van der Waals surface area contributed by atoms with E-state index in [2.05, 4.69) is 18.3 Å². The van der Waals surface area contributed by atoms with Gasteiger partial charge in [-0.2, -0.15) is 0 Å². The maximum absolute atomic E-state index is 10.3. The number of para-hydroxylation sites is 1. The predicted molar refractivity (Wildman–Crippen MR) is 90.3 cm³/mol. The fraction of sp³-hybridized carbons (Fsp3) is 0.368. The van der Waals surface area contributed by atoms with Gasteiger partial charge >= 0.3 is 0 Å². The van der Waals surface area contributed by atoms with Crippen molar-refractivity contribution >= 4 is 0 Å². The number of benzene rings is 2. The number of nitrogens with one attached hydrogen (secondary N) is 1. The normalized spacial score (nSPS) is 13.6. The summed E-state index contributed by atoms with van der Waals surface area (Å²) >= 11 is 0. The standard InChI is InChI=1S/C19H25NO2/c1-14-8-4-6-10-17(14)18(21)13-20-15(2)12-16-9-5-7-11-19(16)22-3/h4-11,15,18,20-21H,12-13H2,1-3H3. The number of methoxy groups -OCH3 is 1. The van der Waals surface area contributed by atoms with E-state index in [-0.39, 0.29) is 6.04 Å². The summed E-state index contributed by atoms with van der Waals surface area (Å²) in [6.07, 6.45) is 0.381. The Bertz CT molecular complexity index is 597. The zero-order valence-electron chi connectivity index (χ0n) is 13.5. The smallest absolute Gasteiger partial charge is 0.122 e. The van der Waals surface area contributed by atoms with Crippen LogP contribution in [0.1, 0.15) is 29.7 Å². The van der Waals surface area contributed by atoms with Crippen LogP contribution in [0.2, 0.25) is 0 Å². The third kappa shape index (κ3) is 4.33. The highest BCUT2D eigenvalue weighted by atomic mass is 16.5. The second kappa shape index (κ2) is 7.97. The van der Waals surface area contributed by atoms with Gasteiger partial charge in [0.25, 0.3) is 0 Å². The van der Waals surface area contributed by atoms with Gasteiger partial charge in [0.05, 0.1) is 13.2 Å². The van der Waals surface area contributed by atoms with Crippen molar-refractivity contribution < 1.29 is 9.84 Å². The maximum Gasteiger partial charge on any atom is 0.122 e. The summed E-state index contributed by atoms with van der Waals surface area (Å²) in [5.41, 5.74) is 3.28. The Hall–Kier alpha value is -1.84. The van der Waals surface area contributed by atoms with E-state index in [1.807, 2.05) is 49.4 Å². The molecule has 2 aromatic carbocycles. The van der Waals surface area contributed by atoms with Crippen molar-refractivity contribution in [2.45, 2.75) is 32.4 Å². The third-order valence-electron chi connectivity index (χ3n) is 3.93. The van der Waals surface area contributed by atoms with Gasteiger partial charge in [0.2, 0.25) is 0 Å². The van der Waals surface area contributed by atoms with E-state index in [9.17, 15) is 5.11 Å². The monoisotopic (exact) mass is 299 g/mol. The van der Waals surface area contributed by atoms with Crippen LogP contribution in [0.25, 0.3) is 0 Å². The molecule has 0 aliphatic heterocycles.